The quantitative estimate of drug-likeness (QED) is 0.611. The van der Waals surface area contributed by atoms with Crippen molar-refractivity contribution >= 4 is 11.9 Å². The molecule has 2 fully saturated rings. The Bertz CT molecular complexity index is 217. The molecule has 1 N–H and O–H groups in total. The fraction of sp³-hybridized carbons (Fsp3) is 0.778. The van der Waals surface area contributed by atoms with Gasteiger partial charge in [0.1, 0.15) is 5.92 Å². The summed E-state index contributed by atoms with van der Waals surface area (Å²) in [6.07, 6.45) is 5.43. The van der Waals surface area contributed by atoms with Gasteiger partial charge in [0.2, 0.25) is 0 Å². The van der Waals surface area contributed by atoms with E-state index in [1.54, 1.807) is 0 Å². The van der Waals surface area contributed by atoms with E-state index >= 15 is 0 Å². The lowest BCUT2D eigenvalue weighted by molar-refractivity contribution is -0.147. The first kappa shape index (κ1) is 8.53. The van der Waals surface area contributed by atoms with Crippen LogP contribution in [0.1, 0.15) is 32.1 Å². The molecule has 1 unspecified atom stereocenters. The van der Waals surface area contributed by atoms with Crippen LogP contribution in [-0.4, -0.2) is 11.9 Å². The average molecular weight is 183 g/mol. The molecule has 0 aromatic rings. The summed E-state index contributed by atoms with van der Waals surface area (Å²) in [5.74, 6) is -0.960. The van der Waals surface area contributed by atoms with Crippen LogP contribution in [0.15, 0.2) is 0 Å². The maximum Gasteiger partial charge on any atom is 0.345 e. The Hall–Kier alpha value is -1.06. The van der Waals surface area contributed by atoms with Gasteiger partial charge in [-0.05, 0) is 18.8 Å². The van der Waals surface area contributed by atoms with Crippen molar-refractivity contribution in [2.24, 2.45) is 11.8 Å². The van der Waals surface area contributed by atoms with Crippen molar-refractivity contribution < 1.29 is 14.4 Å². The minimum atomic E-state index is -0.528. The number of hydrogen-bond acceptors (Lipinski definition) is 3. The van der Waals surface area contributed by atoms with Gasteiger partial charge in [0.15, 0.2) is 0 Å². The standard InChI is InChI=1S/C9H13NO3/c11-8-7(9(12)13-10-8)6-4-2-1-3-5-6/h6-7H,1-5H2,(H,10,11). The summed E-state index contributed by atoms with van der Waals surface area (Å²) in [7, 11) is 0. The third-order valence-electron chi connectivity index (χ3n) is 2.91. The number of rotatable bonds is 1. The minimum Gasteiger partial charge on any atom is -0.340 e. The largest absolute Gasteiger partial charge is 0.345 e. The van der Waals surface area contributed by atoms with E-state index in [4.69, 9.17) is 0 Å². The molecule has 1 atom stereocenters. The van der Waals surface area contributed by atoms with Crippen molar-refractivity contribution in [2.45, 2.75) is 32.1 Å². The van der Waals surface area contributed by atoms with E-state index in [-0.39, 0.29) is 11.8 Å². The third kappa shape index (κ3) is 1.53. The fourth-order valence-corrected chi connectivity index (χ4v) is 2.21. The molecular formula is C9H13NO3. The summed E-state index contributed by atoms with van der Waals surface area (Å²) >= 11 is 0. The first-order valence-electron chi connectivity index (χ1n) is 4.79. The molecule has 2 aliphatic rings. The van der Waals surface area contributed by atoms with E-state index in [0.29, 0.717) is 0 Å². The molecule has 4 nitrogen and oxygen atoms in total. The van der Waals surface area contributed by atoms with Crippen molar-refractivity contribution in [3.8, 4) is 0 Å². The Labute approximate surface area is 76.6 Å². The third-order valence-corrected chi connectivity index (χ3v) is 2.91. The summed E-state index contributed by atoms with van der Waals surface area (Å²) in [6.45, 7) is 0. The number of amides is 1. The van der Waals surface area contributed by atoms with E-state index in [0.717, 1.165) is 25.7 Å². The normalized spacial score (nSPS) is 30.0. The van der Waals surface area contributed by atoms with Crippen LogP contribution < -0.4 is 5.48 Å². The molecule has 0 bridgehead atoms. The van der Waals surface area contributed by atoms with E-state index in [2.05, 4.69) is 10.3 Å². The highest BCUT2D eigenvalue weighted by Gasteiger charge is 2.41. The van der Waals surface area contributed by atoms with Gasteiger partial charge in [-0.2, -0.15) is 5.48 Å². The van der Waals surface area contributed by atoms with Crippen LogP contribution >= 0.6 is 0 Å². The van der Waals surface area contributed by atoms with Gasteiger partial charge in [-0.25, -0.2) is 4.79 Å². The molecule has 2 rings (SSSR count). The van der Waals surface area contributed by atoms with Crippen molar-refractivity contribution in [2.75, 3.05) is 0 Å². The molecule has 13 heavy (non-hydrogen) atoms. The van der Waals surface area contributed by atoms with Gasteiger partial charge in [0, 0.05) is 0 Å². The second-order valence-electron chi connectivity index (χ2n) is 3.76. The number of hydrogen-bond donors (Lipinski definition) is 1. The van der Waals surface area contributed by atoms with Crippen molar-refractivity contribution in [1.29, 1.82) is 0 Å². The first-order valence-corrected chi connectivity index (χ1v) is 4.79. The van der Waals surface area contributed by atoms with Gasteiger partial charge in [0.25, 0.3) is 5.91 Å². The molecule has 0 spiro atoms. The molecule has 1 amide bonds. The van der Waals surface area contributed by atoms with Gasteiger partial charge in [-0.1, -0.05) is 19.3 Å². The summed E-state index contributed by atoms with van der Waals surface area (Å²) in [5.41, 5.74) is 2.13. The molecule has 1 heterocycles. The highest BCUT2D eigenvalue weighted by molar-refractivity contribution is 6.01. The first-order chi connectivity index (χ1) is 6.29. The molecule has 4 heteroatoms. The van der Waals surface area contributed by atoms with Crippen LogP contribution in [0, 0.1) is 11.8 Å². The van der Waals surface area contributed by atoms with Crippen LogP contribution in [0.3, 0.4) is 0 Å². The Kier molecular flexibility index (Phi) is 2.20. The predicted octanol–water partition coefficient (Wildman–Crippen LogP) is 0.771. The Morgan fingerprint density at radius 2 is 1.85 bits per heavy atom. The van der Waals surface area contributed by atoms with Crippen molar-refractivity contribution in [1.82, 2.24) is 5.48 Å². The number of carbonyl (C=O) groups excluding carboxylic acids is 2. The zero-order chi connectivity index (χ0) is 9.26. The molecule has 0 aromatic carbocycles. The predicted molar refractivity (Wildman–Crippen MR) is 44.3 cm³/mol. The van der Waals surface area contributed by atoms with E-state index in [9.17, 15) is 9.59 Å². The Balaban J connectivity index is 2.05. The van der Waals surface area contributed by atoms with Crippen molar-refractivity contribution in [3.05, 3.63) is 0 Å². The van der Waals surface area contributed by atoms with Gasteiger partial charge in [-0.3, -0.25) is 4.79 Å². The van der Waals surface area contributed by atoms with Crippen LogP contribution in [0.25, 0.3) is 0 Å². The second-order valence-corrected chi connectivity index (χ2v) is 3.76. The van der Waals surface area contributed by atoms with Crippen LogP contribution in [0.5, 0.6) is 0 Å². The maximum absolute atomic E-state index is 11.2. The zero-order valence-corrected chi connectivity index (χ0v) is 7.41. The van der Waals surface area contributed by atoms with Gasteiger partial charge < -0.3 is 4.84 Å². The topological polar surface area (TPSA) is 55.4 Å². The highest BCUT2D eigenvalue weighted by Crippen LogP contribution is 2.32. The summed E-state index contributed by atoms with van der Waals surface area (Å²) in [4.78, 5) is 26.9. The SMILES string of the molecule is O=C1NOC(=O)C1C1CCCCC1. The Morgan fingerprint density at radius 3 is 2.38 bits per heavy atom. The van der Waals surface area contributed by atoms with Gasteiger partial charge in [0.05, 0.1) is 0 Å². The monoisotopic (exact) mass is 183 g/mol. The van der Waals surface area contributed by atoms with Crippen LogP contribution in [0.4, 0.5) is 0 Å². The van der Waals surface area contributed by atoms with Gasteiger partial charge in [-0.15, -0.1) is 0 Å². The van der Waals surface area contributed by atoms with Crippen LogP contribution in [0.2, 0.25) is 0 Å². The van der Waals surface area contributed by atoms with E-state index in [1.165, 1.54) is 6.42 Å². The molecule has 0 radical (unpaired) electrons. The average Bonchev–Trinajstić information content (AvgIpc) is 2.48. The second kappa shape index (κ2) is 3.36. The molecule has 1 saturated heterocycles. The number of carbonyl (C=O) groups is 2. The molecule has 1 saturated carbocycles. The highest BCUT2D eigenvalue weighted by atomic mass is 16.7. The number of nitrogens with one attached hydrogen (secondary N) is 1. The zero-order valence-electron chi connectivity index (χ0n) is 7.41. The number of hydroxylamine groups is 1. The van der Waals surface area contributed by atoms with Gasteiger partial charge >= 0.3 is 5.97 Å². The smallest absolute Gasteiger partial charge is 0.340 e. The molecular weight excluding hydrogens is 170 g/mol. The Morgan fingerprint density at radius 1 is 1.15 bits per heavy atom. The lowest BCUT2D eigenvalue weighted by atomic mass is 9.80. The van der Waals surface area contributed by atoms with E-state index < -0.39 is 11.9 Å². The summed E-state index contributed by atoms with van der Waals surface area (Å²) < 4.78 is 0. The summed E-state index contributed by atoms with van der Waals surface area (Å²) in [6, 6.07) is 0. The van der Waals surface area contributed by atoms with Crippen molar-refractivity contribution in [3.63, 3.8) is 0 Å². The summed E-state index contributed by atoms with van der Waals surface area (Å²) in [5, 5.41) is 0. The maximum atomic E-state index is 11.2. The fourth-order valence-electron chi connectivity index (χ4n) is 2.21. The lowest BCUT2D eigenvalue weighted by Gasteiger charge is -2.22. The lowest BCUT2D eigenvalue weighted by Crippen LogP contribution is -2.29. The molecule has 1 aliphatic carbocycles. The molecule has 1 aliphatic heterocycles. The molecule has 72 valence electrons. The van der Waals surface area contributed by atoms with Crippen LogP contribution in [-0.2, 0) is 14.4 Å². The van der Waals surface area contributed by atoms with E-state index in [1.807, 2.05) is 0 Å². The molecule has 0 aromatic heterocycles. The minimum absolute atomic E-state index is 0.212.